The lowest BCUT2D eigenvalue weighted by atomic mass is 10.0. The average Bonchev–Trinajstić information content (AvgIpc) is 3.41. The molecule has 0 spiro atoms. The van der Waals surface area contributed by atoms with E-state index in [0.29, 0.717) is 42.7 Å². The number of thiophene rings is 1. The molecular formula is C22H27F2N7OS. The van der Waals surface area contributed by atoms with Gasteiger partial charge in [0, 0.05) is 50.4 Å². The predicted molar refractivity (Wildman–Crippen MR) is 125 cm³/mol. The fourth-order valence-electron chi connectivity index (χ4n) is 4.22. The van der Waals surface area contributed by atoms with Crippen LogP contribution >= 0.6 is 11.3 Å². The highest BCUT2D eigenvalue weighted by Gasteiger charge is 2.45. The van der Waals surface area contributed by atoms with E-state index in [1.807, 2.05) is 19.9 Å². The van der Waals surface area contributed by atoms with E-state index in [9.17, 15) is 13.6 Å². The smallest absolute Gasteiger partial charge is 0.261 e. The van der Waals surface area contributed by atoms with Crippen molar-refractivity contribution in [3.8, 4) is 10.6 Å². The topological polar surface area (TPSA) is 97.2 Å². The second kappa shape index (κ2) is 8.79. The number of amides is 1. The zero-order valence-corrected chi connectivity index (χ0v) is 19.6. The Morgan fingerprint density at radius 3 is 2.79 bits per heavy atom. The van der Waals surface area contributed by atoms with Gasteiger partial charge in [-0.05, 0) is 32.1 Å². The molecule has 0 aliphatic carbocycles. The van der Waals surface area contributed by atoms with E-state index in [2.05, 4.69) is 20.6 Å². The van der Waals surface area contributed by atoms with Crippen LogP contribution in [0.25, 0.3) is 10.6 Å². The lowest BCUT2D eigenvalue weighted by Gasteiger charge is -2.33. The molecule has 176 valence electrons. The second-order valence-corrected chi connectivity index (χ2v) is 9.69. The van der Waals surface area contributed by atoms with Crippen molar-refractivity contribution in [3.05, 3.63) is 40.7 Å². The van der Waals surface area contributed by atoms with E-state index in [0.717, 1.165) is 16.0 Å². The summed E-state index contributed by atoms with van der Waals surface area (Å²) in [5.41, 5.74) is 0.795. The van der Waals surface area contributed by atoms with Crippen LogP contribution in [0.4, 0.5) is 14.7 Å². The molecule has 33 heavy (non-hydrogen) atoms. The van der Waals surface area contributed by atoms with Gasteiger partial charge in [-0.1, -0.05) is 0 Å². The minimum Gasteiger partial charge on any atom is -0.375 e. The molecule has 8 nitrogen and oxygen atoms in total. The third-order valence-corrected chi connectivity index (χ3v) is 7.47. The minimum absolute atomic E-state index is 0.0813. The number of carbonyl (C=O) groups is 1. The summed E-state index contributed by atoms with van der Waals surface area (Å²) in [6.07, 6.45) is 4.22. The summed E-state index contributed by atoms with van der Waals surface area (Å²) in [5.74, 6) is -1.76. The predicted octanol–water partition coefficient (Wildman–Crippen LogP) is 3.36. The Hall–Kier alpha value is -2.92. The van der Waals surface area contributed by atoms with Crippen LogP contribution in [0, 0.1) is 5.41 Å². The molecule has 2 aromatic rings. The molecule has 0 aromatic carbocycles. The summed E-state index contributed by atoms with van der Waals surface area (Å²) < 4.78 is 27.0. The first-order valence-corrected chi connectivity index (χ1v) is 11.5. The van der Waals surface area contributed by atoms with Crippen molar-refractivity contribution in [2.24, 2.45) is 0 Å². The number of nitrogens with zero attached hydrogens (tertiary/aromatic N) is 4. The van der Waals surface area contributed by atoms with E-state index in [1.165, 1.54) is 11.3 Å². The van der Waals surface area contributed by atoms with Crippen LogP contribution in [-0.2, 0) is 5.54 Å². The number of aromatic nitrogens is 2. The molecule has 1 saturated heterocycles. The highest BCUT2D eigenvalue weighted by Crippen LogP contribution is 2.46. The van der Waals surface area contributed by atoms with Crippen LogP contribution in [0.3, 0.4) is 0 Å². The standard InChI is InChI=1S/C22H27F2N7OS/c1-21(2)18-14(19(32)31(21)11-10-30-9-6-22(23,24)13-30)12-16(33-18)15-5-8-27-20(28-15)29-17(26-3)4-7-25/h4-5,7-8,12,25-26H,6,9-11,13H2,1-3H3,(H,27,28,29)/b17-4+,25-7?. The Labute approximate surface area is 195 Å². The number of fused-ring (bicyclic) bond motifs is 1. The molecule has 3 N–H and O–H groups in total. The number of nitrogens with one attached hydrogen (secondary N) is 3. The molecule has 2 aromatic heterocycles. The van der Waals surface area contributed by atoms with Crippen molar-refractivity contribution in [3.63, 3.8) is 0 Å². The van der Waals surface area contributed by atoms with Crippen LogP contribution in [0.5, 0.6) is 0 Å². The molecule has 4 rings (SSSR count). The molecule has 4 heterocycles. The molecular weight excluding hydrogens is 448 g/mol. The number of hydrogen-bond acceptors (Lipinski definition) is 8. The molecule has 0 atom stereocenters. The van der Waals surface area contributed by atoms with Gasteiger partial charge in [0.1, 0.15) is 5.82 Å². The number of hydrogen-bond donors (Lipinski definition) is 3. The van der Waals surface area contributed by atoms with Gasteiger partial charge in [0.15, 0.2) is 0 Å². The zero-order valence-electron chi connectivity index (χ0n) is 18.8. The Kier molecular flexibility index (Phi) is 6.19. The molecule has 1 fully saturated rings. The maximum atomic E-state index is 13.5. The largest absolute Gasteiger partial charge is 0.375 e. The minimum atomic E-state index is -2.63. The fourth-order valence-corrected chi connectivity index (χ4v) is 5.45. The third kappa shape index (κ3) is 4.60. The average molecular weight is 476 g/mol. The first-order chi connectivity index (χ1) is 15.6. The van der Waals surface area contributed by atoms with Gasteiger partial charge in [-0.2, -0.15) is 0 Å². The molecule has 2 aliphatic heterocycles. The number of carbonyl (C=O) groups excluding carboxylic acids is 1. The fraction of sp³-hybridized carbons (Fsp3) is 0.455. The Morgan fingerprint density at radius 2 is 2.15 bits per heavy atom. The van der Waals surface area contributed by atoms with Crippen molar-refractivity contribution in [2.45, 2.75) is 31.7 Å². The van der Waals surface area contributed by atoms with Gasteiger partial charge in [-0.25, -0.2) is 18.7 Å². The molecule has 0 saturated carbocycles. The maximum absolute atomic E-state index is 13.5. The summed E-state index contributed by atoms with van der Waals surface area (Å²) in [6.45, 7) is 4.94. The van der Waals surface area contributed by atoms with Gasteiger partial charge < -0.3 is 20.9 Å². The highest BCUT2D eigenvalue weighted by atomic mass is 32.1. The van der Waals surface area contributed by atoms with E-state index in [4.69, 9.17) is 5.41 Å². The Morgan fingerprint density at radius 1 is 1.36 bits per heavy atom. The van der Waals surface area contributed by atoms with Crippen LogP contribution in [0.15, 0.2) is 30.2 Å². The van der Waals surface area contributed by atoms with Crippen LogP contribution in [-0.4, -0.2) is 71.0 Å². The van der Waals surface area contributed by atoms with Gasteiger partial charge >= 0.3 is 0 Å². The molecule has 1 amide bonds. The molecule has 0 radical (unpaired) electrons. The van der Waals surface area contributed by atoms with E-state index in [-0.39, 0.29) is 18.9 Å². The number of halogens is 2. The second-order valence-electron chi connectivity index (χ2n) is 8.64. The highest BCUT2D eigenvalue weighted by molar-refractivity contribution is 7.16. The number of likely N-dealkylation sites (tertiary alicyclic amines) is 1. The number of alkyl halides is 2. The zero-order chi connectivity index (χ0) is 23.8. The van der Waals surface area contributed by atoms with E-state index >= 15 is 0 Å². The lowest BCUT2D eigenvalue weighted by molar-refractivity contribution is 0.0107. The SMILES string of the molecule is CN/C(=C\C=N)Nc1nccc(-c2cc3c(s2)C(C)(C)N(CCN2CCC(F)(F)C2)C3=O)n1. The summed E-state index contributed by atoms with van der Waals surface area (Å²) >= 11 is 1.51. The van der Waals surface area contributed by atoms with Crippen LogP contribution in [0.2, 0.25) is 0 Å². The van der Waals surface area contributed by atoms with Crippen molar-refractivity contribution in [1.29, 1.82) is 5.41 Å². The summed E-state index contributed by atoms with van der Waals surface area (Å²) in [4.78, 5) is 27.3. The first kappa shape index (κ1) is 23.2. The first-order valence-electron chi connectivity index (χ1n) is 10.7. The maximum Gasteiger partial charge on any atom is 0.261 e. The summed E-state index contributed by atoms with van der Waals surface area (Å²) in [6, 6.07) is 3.64. The van der Waals surface area contributed by atoms with E-state index in [1.54, 1.807) is 35.2 Å². The molecule has 0 bridgehead atoms. The van der Waals surface area contributed by atoms with Gasteiger partial charge in [0.25, 0.3) is 11.8 Å². The summed E-state index contributed by atoms with van der Waals surface area (Å²) in [7, 11) is 1.73. The molecule has 2 aliphatic rings. The van der Waals surface area contributed by atoms with Gasteiger partial charge in [-0.3, -0.25) is 9.69 Å². The van der Waals surface area contributed by atoms with Crippen molar-refractivity contribution in [1.82, 2.24) is 25.1 Å². The number of allylic oxidation sites excluding steroid dienone is 1. The van der Waals surface area contributed by atoms with Gasteiger partial charge in [-0.15, -0.1) is 11.3 Å². The number of rotatable bonds is 8. The normalized spacial score (nSPS) is 19.6. The van der Waals surface area contributed by atoms with Crippen molar-refractivity contribution in [2.75, 3.05) is 38.5 Å². The van der Waals surface area contributed by atoms with Gasteiger partial charge in [0.05, 0.1) is 28.2 Å². The lowest BCUT2D eigenvalue weighted by Crippen LogP contribution is -2.43. The van der Waals surface area contributed by atoms with E-state index < -0.39 is 11.5 Å². The molecule has 0 unspecified atom stereocenters. The number of anilines is 1. The van der Waals surface area contributed by atoms with Crippen LogP contribution in [0.1, 0.15) is 35.5 Å². The summed E-state index contributed by atoms with van der Waals surface area (Å²) in [5, 5.41) is 13.2. The Bertz CT molecular complexity index is 1100. The third-order valence-electron chi connectivity index (χ3n) is 6.00. The monoisotopic (exact) mass is 475 g/mol. The quantitative estimate of drug-likeness (QED) is 0.507. The van der Waals surface area contributed by atoms with Crippen LogP contribution < -0.4 is 10.6 Å². The molecule has 11 heteroatoms. The Balaban J connectivity index is 1.51. The van der Waals surface area contributed by atoms with Crippen molar-refractivity contribution >= 4 is 29.4 Å². The van der Waals surface area contributed by atoms with Gasteiger partial charge in [0.2, 0.25) is 5.95 Å². The van der Waals surface area contributed by atoms with Crippen molar-refractivity contribution < 1.29 is 13.6 Å².